The number of hydrogen-bond acceptors (Lipinski definition) is 3. The normalized spacial score (nSPS) is 15.4. The summed E-state index contributed by atoms with van der Waals surface area (Å²) in [5.41, 5.74) is 2.32. The molecule has 1 atom stereocenters. The molecule has 0 aromatic heterocycles. The van der Waals surface area contributed by atoms with E-state index < -0.39 is 12.0 Å². The van der Waals surface area contributed by atoms with Crippen LogP contribution in [-0.4, -0.2) is 33.8 Å². The molecule has 1 aliphatic heterocycles. The molecular formula is C15H17NO4. The number of hydrogen-bond donors (Lipinski definition) is 1. The van der Waals surface area contributed by atoms with Gasteiger partial charge in [0.15, 0.2) is 0 Å². The predicted molar refractivity (Wildman–Crippen MR) is 72.7 cm³/mol. The number of imide groups is 1. The average Bonchev–Trinajstić information content (AvgIpc) is 2.64. The van der Waals surface area contributed by atoms with E-state index in [1.54, 1.807) is 32.9 Å². The summed E-state index contributed by atoms with van der Waals surface area (Å²) >= 11 is 0. The zero-order valence-corrected chi connectivity index (χ0v) is 11.8. The van der Waals surface area contributed by atoms with E-state index in [-0.39, 0.29) is 18.2 Å². The third-order valence-electron chi connectivity index (χ3n) is 3.73. The Kier molecular flexibility index (Phi) is 3.61. The summed E-state index contributed by atoms with van der Waals surface area (Å²) in [6.45, 7) is 5.34. The molecule has 0 aliphatic carbocycles. The third kappa shape index (κ3) is 2.09. The number of carboxylic acid groups (broad SMARTS) is 1. The highest BCUT2D eigenvalue weighted by atomic mass is 16.4. The predicted octanol–water partition coefficient (Wildman–Crippen LogP) is 2.15. The summed E-state index contributed by atoms with van der Waals surface area (Å²) in [7, 11) is 0. The molecule has 1 heterocycles. The number of fused-ring (bicyclic) bond motifs is 1. The molecule has 2 amide bonds. The number of rotatable bonds is 4. The highest BCUT2D eigenvalue weighted by molar-refractivity contribution is 6.23. The molecular weight excluding hydrogens is 258 g/mol. The van der Waals surface area contributed by atoms with Crippen molar-refractivity contribution < 1.29 is 19.5 Å². The Hall–Kier alpha value is -2.17. The Morgan fingerprint density at radius 3 is 1.95 bits per heavy atom. The zero-order chi connectivity index (χ0) is 15.0. The molecule has 0 saturated heterocycles. The molecule has 1 aliphatic rings. The summed E-state index contributed by atoms with van der Waals surface area (Å²) in [6, 6.07) is 3.01. The molecule has 20 heavy (non-hydrogen) atoms. The molecule has 2 rings (SSSR count). The van der Waals surface area contributed by atoms with Crippen molar-refractivity contribution in [2.75, 3.05) is 0 Å². The minimum Gasteiger partial charge on any atom is -0.481 e. The molecule has 106 valence electrons. The Balaban J connectivity index is 2.49. The molecule has 0 saturated carbocycles. The monoisotopic (exact) mass is 275 g/mol. The van der Waals surface area contributed by atoms with E-state index >= 15 is 0 Å². The first-order chi connectivity index (χ1) is 9.38. The number of carbonyl (C=O) groups is 3. The zero-order valence-electron chi connectivity index (χ0n) is 11.8. The van der Waals surface area contributed by atoms with Crippen LogP contribution in [0, 0.1) is 13.8 Å². The lowest BCUT2D eigenvalue weighted by Crippen LogP contribution is -2.40. The van der Waals surface area contributed by atoms with Crippen LogP contribution in [-0.2, 0) is 4.79 Å². The minimum atomic E-state index is -1.01. The second kappa shape index (κ2) is 5.07. The maximum Gasteiger partial charge on any atom is 0.305 e. The SMILES string of the molecule is CCC(CC(=O)O)N1C(=O)c2c(C)ccc(C)c2C1=O. The van der Waals surface area contributed by atoms with Gasteiger partial charge in [0, 0.05) is 0 Å². The fraction of sp³-hybridized carbons (Fsp3) is 0.400. The molecule has 1 aromatic carbocycles. The number of amides is 2. The van der Waals surface area contributed by atoms with Crippen LogP contribution in [0.25, 0.3) is 0 Å². The Morgan fingerprint density at radius 2 is 1.60 bits per heavy atom. The fourth-order valence-corrected chi connectivity index (χ4v) is 2.65. The van der Waals surface area contributed by atoms with E-state index in [2.05, 4.69) is 0 Å². The second-order valence-corrected chi connectivity index (χ2v) is 5.09. The highest BCUT2D eigenvalue weighted by Crippen LogP contribution is 2.31. The van der Waals surface area contributed by atoms with Crippen LogP contribution in [0.4, 0.5) is 0 Å². The number of carbonyl (C=O) groups excluding carboxylic acids is 2. The number of benzene rings is 1. The Labute approximate surface area is 117 Å². The molecule has 0 radical (unpaired) electrons. The van der Waals surface area contributed by atoms with Gasteiger partial charge in [0.05, 0.1) is 23.6 Å². The van der Waals surface area contributed by atoms with Gasteiger partial charge in [-0.25, -0.2) is 0 Å². The highest BCUT2D eigenvalue weighted by Gasteiger charge is 2.41. The molecule has 1 aromatic rings. The van der Waals surface area contributed by atoms with E-state index in [4.69, 9.17) is 5.11 Å². The number of aryl methyl sites for hydroxylation is 2. The first kappa shape index (κ1) is 14.2. The largest absolute Gasteiger partial charge is 0.481 e. The van der Waals surface area contributed by atoms with E-state index in [1.165, 1.54) is 0 Å². The van der Waals surface area contributed by atoms with Crippen molar-refractivity contribution in [2.45, 2.75) is 39.7 Å². The molecule has 5 heteroatoms. The molecule has 5 nitrogen and oxygen atoms in total. The van der Waals surface area contributed by atoms with Crippen LogP contribution in [0.15, 0.2) is 12.1 Å². The van der Waals surface area contributed by atoms with Crippen molar-refractivity contribution in [1.29, 1.82) is 0 Å². The van der Waals surface area contributed by atoms with Gasteiger partial charge >= 0.3 is 5.97 Å². The van der Waals surface area contributed by atoms with Gasteiger partial charge in [-0.15, -0.1) is 0 Å². The van der Waals surface area contributed by atoms with Crippen molar-refractivity contribution in [2.24, 2.45) is 0 Å². The van der Waals surface area contributed by atoms with Crippen molar-refractivity contribution in [1.82, 2.24) is 4.90 Å². The van der Waals surface area contributed by atoms with E-state index in [0.29, 0.717) is 17.5 Å². The second-order valence-electron chi connectivity index (χ2n) is 5.09. The summed E-state index contributed by atoms with van der Waals surface area (Å²) < 4.78 is 0. The fourth-order valence-electron chi connectivity index (χ4n) is 2.65. The van der Waals surface area contributed by atoms with Crippen LogP contribution >= 0.6 is 0 Å². The van der Waals surface area contributed by atoms with Crippen molar-refractivity contribution in [3.8, 4) is 0 Å². The third-order valence-corrected chi connectivity index (χ3v) is 3.73. The lowest BCUT2D eigenvalue weighted by Gasteiger charge is -2.23. The Morgan fingerprint density at radius 1 is 1.15 bits per heavy atom. The molecule has 1 N–H and O–H groups in total. The van der Waals surface area contributed by atoms with Gasteiger partial charge in [0.1, 0.15) is 0 Å². The number of nitrogens with zero attached hydrogens (tertiary/aromatic N) is 1. The van der Waals surface area contributed by atoms with E-state index in [0.717, 1.165) is 16.0 Å². The van der Waals surface area contributed by atoms with Gasteiger partial charge in [-0.1, -0.05) is 19.1 Å². The maximum absolute atomic E-state index is 12.5. The molecule has 1 unspecified atom stereocenters. The molecule has 0 spiro atoms. The summed E-state index contributed by atoms with van der Waals surface area (Å²) in [5.74, 6) is -1.76. The standard InChI is InChI=1S/C15H17NO4/c1-4-10(7-11(17)18)16-14(19)12-8(2)5-6-9(3)13(12)15(16)20/h5-6,10H,4,7H2,1-3H3,(H,17,18). The van der Waals surface area contributed by atoms with Crippen LogP contribution in [0.5, 0.6) is 0 Å². The van der Waals surface area contributed by atoms with Gasteiger partial charge in [0.25, 0.3) is 11.8 Å². The quantitative estimate of drug-likeness (QED) is 0.854. The summed E-state index contributed by atoms with van der Waals surface area (Å²) in [5, 5.41) is 8.92. The van der Waals surface area contributed by atoms with Crippen LogP contribution in [0.3, 0.4) is 0 Å². The van der Waals surface area contributed by atoms with Crippen LogP contribution in [0.2, 0.25) is 0 Å². The number of aliphatic carboxylic acids is 1. The first-order valence-corrected chi connectivity index (χ1v) is 6.58. The lowest BCUT2D eigenvalue weighted by atomic mass is 9.99. The lowest BCUT2D eigenvalue weighted by molar-refractivity contribution is -0.137. The minimum absolute atomic E-state index is 0.222. The van der Waals surface area contributed by atoms with Gasteiger partial charge in [-0.2, -0.15) is 0 Å². The summed E-state index contributed by atoms with van der Waals surface area (Å²) in [6.07, 6.45) is 0.204. The van der Waals surface area contributed by atoms with Gasteiger partial charge in [0.2, 0.25) is 0 Å². The van der Waals surface area contributed by atoms with Crippen LogP contribution in [0.1, 0.15) is 51.6 Å². The molecule has 0 bridgehead atoms. The number of carboxylic acids is 1. The first-order valence-electron chi connectivity index (χ1n) is 6.58. The van der Waals surface area contributed by atoms with E-state index in [1.807, 2.05) is 0 Å². The van der Waals surface area contributed by atoms with Crippen molar-refractivity contribution in [3.05, 3.63) is 34.4 Å². The smallest absolute Gasteiger partial charge is 0.305 e. The van der Waals surface area contributed by atoms with Gasteiger partial charge in [-0.05, 0) is 31.4 Å². The molecule has 0 fully saturated rings. The summed E-state index contributed by atoms with van der Waals surface area (Å²) in [4.78, 5) is 37.0. The van der Waals surface area contributed by atoms with Crippen molar-refractivity contribution in [3.63, 3.8) is 0 Å². The van der Waals surface area contributed by atoms with Crippen molar-refractivity contribution >= 4 is 17.8 Å². The van der Waals surface area contributed by atoms with Gasteiger partial charge < -0.3 is 5.11 Å². The maximum atomic E-state index is 12.5. The van der Waals surface area contributed by atoms with Crippen LogP contribution < -0.4 is 0 Å². The Bertz CT molecular complexity index is 565. The average molecular weight is 275 g/mol. The van der Waals surface area contributed by atoms with Gasteiger partial charge in [-0.3, -0.25) is 19.3 Å². The topological polar surface area (TPSA) is 74.7 Å². The van der Waals surface area contributed by atoms with E-state index in [9.17, 15) is 14.4 Å².